The molecule has 0 aromatic rings. The van der Waals surface area contributed by atoms with Crippen LogP contribution in [0, 0.1) is 5.92 Å². The second-order valence-electron chi connectivity index (χ2n) is 3.82. The van der Waals surface area contributed by atoms with Crippen molar-refractivity contribution >= 4 is 11.7 Å². The molecule has 0 saturated heterocycles. The number of ketones is 1. The van der Waals surface area contributed by atoms with Gasteiger partial charge in [-0.3, -0.25) is 9.59 Å². The minimum Gasteiger partial charge on any atom is -0.356 e. The zero-order valence-electron chi connectivity index (χ0n) is 9.43. The SMILES string of the molecule is CCCC(=O)NCCCC(=O)C(C)C. The Kier molecular flexibility index (Phi) is 7.07. The zero-order chi connectivity index (χ0) is 11.0. The Bertz CT molecular complexity index is 188. The molecule has 0 aliphatic carbocycles. The lowest BCUT2D eigenvalue weighted by Crippen LogP contribution is -2.24. The van der Waals surface area contributed by atoms with Crippen molar-refractivity contribution in [3.05, 3.63) is 0 Å². The minimum atomic E-state index is 0.0875. The molecule has 14 heavy (non-hydrogen) atoms. The van der Waals surface area contributed by atoms with E-state index in [0.29, 0.717) is 19.4 Å². The van der Waals surface area contributed by atoms with Gasteiger partial charge in [0.2, 0.25) is 5.91 Å². The van der Waals surface area contributed by atoms with E-state index in [4.69, 9.17) is 0 Å². The van der Waals surface area contributed by atoms with Crippen LogP contribution >= 0.6 is 0 Å². The molecule has 0 heterocycles. The Morgan fingerprint density at radius 3 is 2.36 bits per heavy atom. The first-order valence-corrected chi connectivity index (χ1v) is 5.37. The highest BCUT2D eigenvalue weighted by Crippen LogP contribution is 2.00. The molecule has 0 unspecified atom stereocenters. The second kappa shape index (κ2) is 7.54. The average Bonchev–Trinajstić information content (AvgIpc) is 2.12. The number of hydrogen-bond acceptors (Lipinski definition) is 2. The molecule has 0 fully saturated rings. The normalized spacial score (nSPS) is 10.3. The van der Waals surface area contributed by atoms with Gasteiger partial charge >= 0.3 is 0 Å². The van der Waals surface area contributed by atoms with Crippen molar-refractivity contribution in [2.45, 2.75) is 46.5 Å². The van der Waals surface area contributed by atoms with Gasteiger partial charge in [0.1, 0.15) is 5.78 Å². The van der Waals surface area contributed by atoms with Crippen molar-refractivity contribution < 1.29 is 9.59 Å². The molecule has 3 nitrogen and oxygen atoms in total. The lowest BCUT2D eigenvalue weighted by molar-refractivity contribution is -0.123. The van der Waals surface area contributed by atoms with Gasteiger partial charge in [-0.2, -0.15) is 0 Å². The fraction of sp³-hybridized carbons (Fsp3) is 0.818. The van der Waals surface area contributed by atoms with Gasteiger partial charge in [0.05, 0.1) is 0 Å². The number of rotatable bonds is 7. The number of nitrogens with one attached hydrogen (secondary N) is 1. The molecule has 0 aromatic heterocycles. The Morgan fingerprint density at radius 2 is 1.86 bits per heavy atom. The van der Waals surface area contributed by atoms with Crippen LogP contribution < -0.4 is 5.32 Å². The largest absolute Gasteiger partial charge is 0.356 e. The van der Waals surface area contributed by atoms with Crippen LogP contribution in [0.15, 0.2) is 0 Å². The summed E-state index contributed by atoms with van der Waals surface area (Å²) in [5, 5.41) is 2.79. The van der Waals surface area contributed by atoms with Crippen LogP contribution in [-0.2, 0) is 9.59 Å². The van der Waals surface area contributed by atoms with E-state index in [9.17, 15) is 9.59 Å². The molecule has 0 saturated carbocycles. The van der Waals surface area contributed by atoms with E-state index >= 15 is 0 Å². The summed E-state index contributed by atoms with van der Waals surface area (Å²) in [7, 11) is 0. The lowest BCUT2D eigenvalue weighted by atomic mass is 10.0. The topological polar surface area (TPSA) is 46.2 Å². The molecule has 1 amide bonds. The Hall–Kier alpha value is -0.860. The molecule has 0 rings (SSSR count). The van der Waals surface area contributed by atoms with E-state index in [-0.39, 0.29) is 17.6 Å². The third-order valence-electron chi connectivity index (χ3n) is 2.04. The van der Waals surface area contributed by atoms with Gasteiger partial charge in [0.25, 0.3) is 0 Å². The predicted octanol–water partition coefficient (Wildman–Crippen LogP) is 1.91. The van der Waals surface area contributed by atoms with Crippen molar-refractivity contribution in [3.63, 3.8) is 0 Å². The van der Waals surface area contributed by atoms with Crippen LogP contribution in [0.3, 0.4) is 0 Å². The number of hydrogen-bond donors (Lipinski definition) is 1. The maximum absolute atomic E-state index is 11.2. The third kappa shape index (κ3) is 6.63. The van der Waals surface area contributed by atoms with Gasteiger partial charge in [-0.05, 0) is 12.8 Å². The van der Waals surface area contributed by atoms with Crippen molar-refractivity contribution in [3.8, 4) is 0 Å². The average molecular weight is 199 g/mol. The smallest absolute Gasteiger partial charge is 0.219 e. The van der Waals surface area contributed by atoms with Crippen LogP contribution in [0.5, 0.6) is 0 Å². The summed E-state index contributed by atoms with van der Waals surface area (Å²) in [4.78, 5) is 22.2. The number of carbonyl (C=O) groups excluding carboxylic acids is 2. The van der Waals surface area contributed by atoms with Crippen molar-refractivity contribution in [1.82, 2.24) is 5.32 Å². The summed E-state index contributed by atoms with van der Waals surface area (Å²) in [5.41, 5.74) is 0. The number of Topliss-reactive ketones (excluding diaryl/α,β-unsaturated/α-hetero) is 1. The molecule has 82 valence electrons. The fourth-order valence-corrected chi connectivity index (χ4v) is 1.09. The summed E-state index contributed by atoms with van der Waals surface area (Å²) < 4.78 is 0. The Balaban J connectivity index is 3.38. The van der Waals surface area contributed by atoms with Crippen LogP contribution in [-0.4, -0.2) is 18.2 Å². The van der Waals surface area contributed by atoms with Crippen molar-refractivity contribution in [2.24, 2.45) is 5.92 Å². The number of amides is 1. The monoisotopic (exact) mass is 199 g/mol. The first kappa shape index (κ1) is 13.1. The highest BCUT2D eigenvalue weighted by atomic mass is 16.1. The van der Waals surface area contributed by atoms with Crippen molar-refractivity contribution in [1.29, 1.82) is 0 Å². The standard InChI is InChI=1S/C11H21NO2/c1-4-6-11(14)12-8-5-7-10(13)9(2)3/h9H,4-8H2,1-3H3,(H,12,14). The van der Waals surface area contributed by atoms with E-state index in [2.05, 4.69) is 5.32 Å². The summed E-state index contributed by atoms with van der Waals surface area (Å²) in [6, 6.07) is 0. The van der Waals surface area contributed by atoms with E-state index in [1.54, 1.807) is 0 Å². The fourth-order valence-electron chi connectivity index (χ4n) is 1.09. The van der Waals surface area contributed by atoms with E-state index in [1.807, 2.05) is 20.8 Å². The first-order chi connectivity index (χ1) is 6.57. The molecule has 3 heteroatoms. The minimum absolute atomic E-state index is 0.0875. The Labute approximate surface area is 86.3 Å². The van der Waals surface area contributed by atoms with Crippen molar-refractivity contribution in [2.75, 3.05) is 6.54 Å². The molecule has 0 bridgehead atoms. The predicted molar refractivity (Wildman–Crippen MR) is 57.0 cm³/mol. The van der Waals surface area contributed by atoms with Gasteiger partial charge in [-0.15, -0.1) is 0 Å². The van der Waals surface area contributed by atoms with Crippen LogP contribution in [0.2, 0.25) is 0 Å². The maximum atomic E-state index is 11.2. The first-order valence-electron chi connectivity index (χ1n) is 5.37. The Morgan fingerprint density at radius 1 is 1.21 bits per heavy atom. The second-order valence-corrected chi connectivity index (χ2v) is 3.82. The van der Waals surface area contributed by atoms with Gasteiger partial charge < -0.3 is 5.32 Å². The molecule has 0 aliphatic heterocycles. The van der Waals surface area contributed by atoms with Gasteiger partial charge in [-0.1, -0.05) is 20.8 Å². The molecule has 0 radical (unpaired) electrons. The molecule has 0 aromatic carbocycles. The summed E-state index contributed by atoms with van der Waals surface area (Å²) in [6.45, 7) is 6.40. The van der Waals surface area contributed by atoms with Crippen LogP contribution in [0.25, 0.3) is 0 Å². The molecule has 0 aliphatic rings. The third-order valence-corrected chi connectivity index (χ3v) is 2.04. The summed E-state index contributed by atoms with van der Waals surface area (Å²) >= 11 is 0. The maximum Gasteiger partial charge on any atom is 0.219 e. The van der Waals surface area contributed by atoms with E-state index < -0.39 is 0 Å². The highest BCUT2D eigenvalue weighted by Gasteiger charge is 2.06. The van der Waals surface area contributed by atoms with Crippen LogP contribution in [0.4, 0.5) is 0 Å². The lowest BCUT2D eigenvalue weighted by Gasteiger charge is -2.05. The van der Waals surface area contributed by atoms with Gasteiger partial charge in [-0.25, -0.2) is 0 Å². The molecule has 0 spiro atoms. The van der Waals surface area contributed by atoms with Gasteiger partial charge in [0, 0.05) is 25.3 Å². The van der Waals surface area contributed by atoms with E-state index in [1.165, 1.54) is 0 Å². The number of carbonyl (C=O) groups is 2. The zero-order valence-corrected chi connectivity index (χ0v) is 9.43. The highest BCUT2D eigenvalue weighted by molar-refractivity contribution is 5.80. The molecule has 0 atom stereocenters. The summed E-state index contributed by atoms with van der Waals surface area (Å²) in [5.74, 6) is 0.473. The quantitative estimate of drug-likeness (QED) is 0.637. The molecular formula is C11H21NO2. The van der Waals surface area contributed by atoms with E-state index in [0.717, 1.165) is 12.8 Å². The van der Waals surface area contributed by atoms with Crippen LogP contribution in [0.1, 0.15) is 46.5 Å². The molecule has 1 N–H and O–H groups in total. The summed E-state index contributed by atoms with van der Waals surface area (Å²) in [6.07, 6.45) is 2.78. The molecular weight excluding hydrogens is 178 g/mol. The van der Waals surface area contributed by atoms with Gasteiger partial charge in [0.15, 0.2) is 0 Å².